The van der Waals surface area contributed by atoms with Gasteiger partial charge in [0, 0.05) is 18.1 Å². The summed E-state index contributed by atoms with van der Waals surface area (Å²) in [5.74, 6) is 0.942. The van der Waals surface area contributed by atoms with Gasteiger partial charge in [-0.3, -0.25) is 0 Å². The molecule has 0 saturated carbocycles. The summed E-state index contributed by atoms with van der Waals surface area (Å²) in [7, 11) is 3.02. The van der Waals surface area contributed by atoms with Crippen molar-refractivity contribution in [3.05, 3.63) is 54.1 Å². The van der Waals surface area contributed by atoms with Crippen LogP contribution in [0.2, 0.25) is 0 Å². The number of anilines is 1. The van der Waals surface area contributed by atoms with Crippen molar-refractivity contribution in [1.82, 2.24) is 9.97 Å². The van der Waals surface area contributed by atoms with Crippen LogP contribution in [-0.2, 0) is 0 Å². The first-order valence-electron chi connectivity index (χ1n) is 8.16. The van der Waals surface area contributed by atoms with Gasteiger partial charge in [-0.05, 0) is 30.2 Å². The molecule has 7 heteroatoms. The molecule has 136 valence electrons. The highest BCUT2D eigenvalue weighted by Gasteiger charge is 2.15. The van der Waals surface area contributed by atoms with Gasteiger partial charge in [0.2, 0.25) is 0 Å². The molecule has 0 aliphatic heterocycles. The van der Waals surface area contributed by atoms with E-state index in [1.165, 1.54) is 19.5 Å². The Labute approximate surface area is 150 Å². The molecule has 3 rings (SSSR count). The fourth-order valence-electron chi connectivity index (χ4n) is 2.78. The Morgan fingerprint density at radius 3 is 2.54 bits per heavy atom. The molecular weight excluding hydrogens is 337 g/mol. The van der Waals surface area contributed by atoms with E-state index in [2.05, 4.69) is 15.3 Å². The quantitative estimate of drug-likeness (QED) is 0.676. The summed E-state index contributed by atoms with van der Waals surface area (Å²) < 4.78 is 24.2. The van der Waals surface area contributed by atoms with Gasteiger partial charge in [0.15, 0.2) is 11.6 Å². The summed E-state index contributed by atoms with van der Waals surface area (Å²) in [6.45, 7) is 0.00462. The topological polar surface area (TPSA) is 76.5 Å². The first-order valence-corrected chi connectivity index (χ1v) is 8.16. The number of ether oxygens (including phenoxy) is 2. The summed E-state index contributed by atoms with van der Waals surface area (Å²) in [5, 5.41) is 13.4. The van der Waals surface area contributed by atoms with Crippen LogP contribution in [-0.4, -0.2) is 35.9 Å². The minimum atomic E-state index is -0.480. The number of rotatable bonds is 7. The first-order chi connectivity index (χ1) is 12.7. The summed E-state index contributed by atoms with van der Waals surface area (Å²) in [4.78, 5) is 8.40. The van der Waals surface area contributed by atoms with Crippen LogP contribution < -0.4 is 14.8 Å². The molecule has 2 N–H and O–H groups in total. The molecule has 3 aromatic rings. The maximum absolute atomic E-state index is 13.9. The number of methoxy groups -OCH3 is 2. The zero-order chi connectivity index (χ0) is 18.5. The second kappa shape index (κ2) is 7.97. The van der Waals surface area contributed by atoms with E-state index in [1.54, 1.807) is 13.2 Å². The van der Waals surface area contributed by atoms with E-state index in [-0.39, 0.29) is 18.4 Å². The van der Waals surface area contributed by atoms with E-state index in [4.69, 9.17) is 9.47 Å². The van der Waals surface area contributed by atoms with Crippen LogP contribution in [0, 0.1) is 5.82 Å². The smallest absolute Gasteiger partial charge is 0.167 e. The second-order valence-electron chi connectivity index (χ2n) is 5.71. The van der Waals surface area contributed by atoms with Crippen molar-refractivity contribution in [1.29, 1.82) is 0 Å². The van der Waals surface area contributed by atoms with E-state index >= 15 is 0 Å². The molecule has 1 unspecified atom stereocenters. The van der Waals surface area contributed by atoms with Crippen LogP contribution in [0.1, 0.15) is 18.0 Å². The third-order valence-corrected chi connectivity index (χ3v) is 4.16. The highest BCUT2D eigenvalue weighted by molar-refractivity contribution is 5.90. The number of aliphatic hydroxyl groups excluding tert-OH is 1. The lowest BCUT2D eigenvalue weighted by Gasteiger charge is -2.20. The largest absolute Gasteiger partial charge is 0.497 e. The molecular formula is C19H20FN3O3. The average Bonchev–Trinajstić information content (AvgIpc) is 2.67. The predicted molar refractivity (Wildman–Crippen MR) is 97.1 cm³/mol. The van der Waals surface area contributed by atoms with E-state index in [9.17, 15) is 9.50 Å². The van der Waals surface area contributed by atoms with Crippen LogP contribution in [0.4, 0.5) is 10.2 Å². The van der Waals surface area contributed by atoms with E-state index < -0.39 is 5.82 Å². The Balaban J connectivity index is 1.98. The number of fused-ring (bicyclic) bond motifs is 1. The molecule has 0 fully saturated rings. The highest BCUT2D eigenvalue weighted by Crippen LogP contribution is 2.30. The third kappa shape index (κ3) is 3.67. The van der Waals surface area contributed by atoms with Crippen molar-refractivity contribution in [2.45, 2.75) is 12.5 Å². The minimum Gasteiger partial charge on any atom is -0.497 e. The number of benzene rings is 2. The molecule has 0 aliphatic carbocycles. The van der Waals surface area contributed by atoms with Gasteiger partial charge in [-0.15, -0.1) is 0 Å². The third-order valence-electron chi connectivity index (χ3n) is 4.16. The molecule has 0 saturated heterocycles. The van der Waals surface area contributed by atoms with Gasteiger partial charge in [-0.1, -0.05) is 12.1 Å². The number of aromatic nitrogens is 2. The number of hydrogen-bond acceptors (Lipinski definition) is 6. The Hall–Kier alpha value is -2.93. The molecule has 0 bridgehead atoms. The maximum Gasteiger partial charge on any atom is 0.167 e. The molecule has 2 aromatic carbocycles. The van der Waals surface area contributed by atoms with Gasteiger partial charge >= 0.3 is 0 Å². The van der Waals surface area contributed by atoms with E-state index in [0.29, 0.717) is 23.1 Å². The number of nitrogens with one attached hydrogen (secondary N) is 1. The molecule has 26 heavy (non-hydrogen) atoms. The Morgan fingerprint density at radius 2 is 1.88 bits per heavy atom. The Morgan fingerprint density at radius 1 is 1.12 bits per heavy atom. The second-order valence-corrected chi connectivity index (χ2v) is 5.71. The van der Waals surface area contributed by atoms with Crippen molar-refractivity contribution in [3.63, 3.8) is 0 Å². The maximum atomic E-state index is 13.9. The predicted octanol–water partition coefficient (Wildman–Crippen LogP) is 3.32. The lowest BCUT2D eigenvalue weighted by Crippen LogP contribution is -2.14. The molecule has 1 aromatic heterocycles. The fraction of sp³-hybridized carbons (Fsp3) is 0.263. The van der Waals surface area contributed by atoms with E-state index in [0.717, 1.165) is 11.3 Å². The normalized spacial score (nSPS) is 12.0. The van der Waals surface area contributed by atoms with Crippen molar-refractivity contribution in [2.75, 3.05) is 26.1 Å². The minimum absolute atomic E-state index is 0.00462. The van der Waals surface area contributed by atoms with Crippen molar-refractivity contribution < 1.29 is 19.0 Å². The van der Waals surface area contributed by atoms with Crippen LogP contribution in [0.3, 0.4) is 0 Å². The van der Waals surface area contributed by atoms with Crippen LogP contribution in [0.15, 0.2) is 42.7 Å². The van der Waals surface area contributed by atoms with Gasteiger partial charge < -0.3 is 19.9 Å². The fourth-order valence-corrected chi connectivity index (χ4v) is 2.78. The van der Waals surface area contributed by atoms with Gasteiger partial charge in [-0.25, -0.2) is 14.4 Å². The summed E-state index contributed by atoms with van der Waals surface area (Å²) >= 11 is 0. The van der Waals surface area contributed by atoms with Crippen LogP contribution in [0.25, 0.3) is 10.9 Å². The lowest BCUT2D eigenvalue weighted by atomic mass is 10.0. The summed E-state index contributed by atoms with van der Waals surface area (Å²) in [5.41, 5.74) is 1.44. The summed E-state index contributed by atoms with van der Waals surface area (Å²) in [6, 6.07) is 10.3. The van der Waals surface area contributed by atoms with Gasteiger partial charge in [-0.2, -0.15) is 0 Å². The Kier molecular flexibility index (Phi) is 5.48. The van der Waals surface area contributed by atoms with Gasteiger partial charge in [0.05, 0.1) is 25.8 Å². The molecule has 0 amide bonds. The van der Waals surface area contributed by atoms with E-state index in [1.807, 2.05) is 24.3 Å². The number of halogens is 1. The molecule has 1 atom stereocenters. The zero-order valence-corrected chi connectivity index (χ0v) is 14.6. The molecule has 0 spiro atoms. The molecule has 6 nitrogen and oxygen atoms in total. The molecule has 1 heterocycles. The average molecular weight is 357 g/mol. The first kappa shape index (κ1) is 17.9. The lowest BCUT2D eigenvalue weighted by molar-refractivity contribution is 0.280. The van der Waals surface area contributed by atoms with Crippen LogP contribution >= 0.6 is 0 Å². The SMILES string of the molecule is COc1ccc(C(CCO)Nc2ncnc3cc(F)c(OC)cc23)cc1. The van der Waals surface area contributed by atoms with Crippen LogP contribution in [0.5, 0.6) is 11.5 Å². The number of nitrogens with zero attached hydrogens (tertiary/aromatic N) is 2. The van der Waals surface area contributed by atoms with Gasteiger partial charge in [0.25, 0.3) is 0 Å². The monoisotopic (exact) mass is 357 g/mol. The highest BCUT2D eigenvalue weighted by atomic mass is 19.1. The summed E-state index contributed by atoms with van der Waals surface area (Å²) in [6.07, 6.45) is 1.86. The molecule has 0 radical (unpaired) electrons. The standard InChI is InChI=1S/C19H20FN3O3/c1-25-13-5-3-12(4-6-13)16(7-8-24)23-19-14-9-18(26-2)15(20)10-17(14)21-11-22-19/h3-6,9-11,16,24H,7-8H2,1-2H3,(H,21,22,23). The Bertz CT molecular complexity index is 887. The van der Waals surface area contributed by atoms with Crippen molar-refractivity contribution in [2.24, 2.45) is 0 Å². The van der Waals surface area contributed by atoms with Gasteiger partial charge in [0.1, 0.15) is 17.9 Å². The van der Waals surface area contributed by atoms with Crippen molar-refractivity contribution in [3.8, 4) is 11.5 Å². The zero-order valence-electron chi connectivity index (χ0n) is 14.6. The van der Waals surface area contributed by atoms with Crippen molar-refractivity contribution >= 4 is 16.7 Å². The number of hydrogen-bond donors (Lipinski definition) is 2. The number of aliphatic hydroxyl groups is 1. The molecule has 0 aliphatic rings.